The van der Waals surface area contributed by atoms with Crippen LogP contribution in [0.5, 0.6) is 0 Å². The smallest absolute Gasteiger partial charge is 0.410 e. The number of ketones is 1. The summed E-state index contributed by atoms with van der Waals surface area (Å²) in [4.78, 5) is 42.3. The number of hydrogen-bond donors (Lipinski definition) is 0. The Hall–Kier alpha value is -4.14. The Bertz CT molecular complexity index is 1250. The normalized spacial score (nSPS) is 15.2. The van der Waals surface area contributed by atoms with Gasteiger partial charge in [0, 0.05) is 19.3 Å². The average molecular weight is 533 g/mol. The second-order valence-corrected chi connectivity index (χ2v) is 10.7. The first kappa shape index (κ1) is 27.9. The standard InChI is InChI=1S/C30H36N4O5/c1-30(2,3)39-29(37)34-16-10-15-26(34)20-32(28(36)38-22-24-13-8-5-9-14-24)21-27(35)25-17-31-33(19-25)18-23-11-6-4-7-12-23/h4-9,11-14,17,19,26H,10,15-16,18,20-22H2,1-3H3. The van der Waals surface area contributed by atoms with E-state index in [0.29, 0.717) is 25.1 Å². The number of carbonyl (C=O) groups is 3. The zero-order valence-corrected chi connectivity index (χ0v) is 22.8. The van der Waals surface area contributed by atoms with E-state index in [2.05, 4.69) is 5.10 Å². The van der Waals surface area contributed by atoms with Crippen LogP contribution in [0.3, 0.4) is 0 Å². The van der Waals surface area contributed by atoms with Gasteiger partial charge >= 0.3 is 12.2 Å². The summed E-state index contributed by atoms with van der Waals surface area (Å²) in [5, 5.41) is 4.32. The number of benzene rings is 2. The van der Waals surface area contributed by atoms with E-state index in [1.54, 1.807) is 15.8 Å². The number of ether oxygens (including phenoxy) is 2. The maximum Gasteiger partial charge on any atom is 0.410 e. The van der Waals surface area contributed by atoms with E-state index in [1.165, 1.54) is 11.1 Å². The molecule has 2 aromatic carbocycles. The second-order valence-electron chi connectivity index (χ2n) is 10.7. The number of likely N-dealkylation sites (tertiary alicyclic amines) is 1. The van der Waals surface area contributed by atoms with Crippen molar-refractivity contribution in [1.29, 1.82) is 0 Å². The number of rotatable bonds is 9. The number of carbonyl (C=O) groups excluding carboxylic acids is 3. The summed E-state index contributed by atoms with van der Waals surface area (Å²) in [6, 6.07) is 18.9. The summed E-state index contributed by atoms with van der Waals surface area (Å²) in [6.07, 6.45) is 3.66. The van der Waals surface area contributed by atoms with E-state index in [0.717, 1.165) is 17.5 Å². The Morgan fingerprint density at radius 2 is 1.67 bits per heavy atom. The molecule has 1 aliphatic rings. The molecular weight excluding hydrogens is 496 g/mol. The molecule has 0 aliphatic carbocycles. The Morgan fingerprint density at radius 3 is 2.33 bits per heavy atom. The van der Waals surface area contributed by atoms with E-state index in [9.17, 15) is 14.4 Å². The first-order valence-electron chi connectivity index (χ1n) is 13.2. The van der Waals surface area contributed by atoms with Gasteiger partial charge < -0.3 is 14.4 Å². The van der Waals surface area contributed by atoms with Crippen molar-refractivity contribution in [3.8, 4) is 0 Å². The summed E-state index contributed by atoms with van der Waals surface area (Å²) >= 11 is 0. The lowest BCUT2D eigenvalue weighted by Crippen LogP contribution is -2.48. The van der Waals surface area contributed by atoms with Gasteiger partial charge in [-0.1, -0.05) is 60.7 Å². The zero-order valence-electron chi connectivity index (χ0n) is 22.8. The summed E-state index contributed by atoms with van der Waals surface area (Å²) in [6.45, 7) is 6.58. The van der Waals surface area contributed by atoms with Crippen molar-refractivity contribution in [1.82, 2.24) is 19.6 Å². The SMILES string of the molecule is CC(C)(C)OC(=O)N1CCCC1CN(CC(=O)c1cnn(Cc2ccccc2)c1)C(=O)OCc1ccccc1. The van der Waals surface area contributed by atoms with Gasteiger partial charge in [0.25, 0.3) is 0 Å². The summed E-state index contributed by atoms with van der Waals surface area (Å²) in [5.74, 6) is -0.257. The molecule has 0 saturated carbocycles. The third-order valence-corrected chi connectivity index (χ3v) is 6.38. The fourth-order valence-corrected chi connectivity index (χ4v) is 4.48. The lowest BCUT2D eigenvalue weighted by molar-refractivity contribution is 0.0187. The minimum absolute atomic E-state index is 0.0832. The molecule has 1 unspecified atom stereocenters. The van der Waals surface area contributed by atoms with Crippen LogP contribution < -0.4 is 0 Å². The monoisotopic (exact) mass is 532 g/mol. The highest BCUT2D eigenvalue weighted by molar-refractivity contribution is 5.98. The van der Waals surface area contributed by atoms with E-state index < -0.39 is 17.8 Å². The van der Waals surface area contributed by atoms with Crippen LogP contribution in [-0.2, 0) is 22.6 Å². The van der Waals surface area contributed by atoms with Gasteiger partial charge in [-0.3, -0.25) is 14.4 Å². The van der Waals surface area contributed by atoms with E-state index >= 15 is 0 Å². The lowest BCUT2D eigenvalue weighted by atomic mass is 10.1. The highest BCUT2D eigenvalue weighted by Gasteiger charge is 2.35. The predicted octanol–water partition coefficient (Wildman–Crippen LogP) is 5.15. The van der Waals surface area contributed by atoms with Gasteiger partial charge in [-0.25, -0.2) is 9.59 Å². The van der Waals surface area contributed by atoms with Crippen LogP contribution in [0.25, 0.3) is 0 Å². The number of aromatic nitrogens is 2. The molecule has 2 amide bonds. The molecule has 9 nitrogen and oxygen atoms in total. The molecule has 0 spiro atoms. The molecule has 9 heteroatoms. The van der Waals surface area contributed by atoms with Crippen molar-refractivity contribution < 1.29 is 23.9 Å². The summed E-state index contributed by atoms with van der Waals surface area (Å²) in [7, 11) is 0. The fourth-order valence-electron chi connectivity index (χ4n) is 4.48. The molecule has 1 atom stereocenters. The molecule has 39 heavy (non-hydrogen) atoms. The first-order valence-corrected chi connectivity index (χ1v) is 13.2. The van der Waals surface area contributed by atoms with Crippen LogP contribution in [0.2, 0.25) is 0 Å². The molecule has 1 saturated heterocycles. The molecule has 1 fully saturated rings. The maximum absolute atomic E-state index is 13.3. The molecule has 0 radical (unpaired) electrons. The van der Waals surface area contributed by atoms with Crippen LogP contribution in [0, 0.1) is 0 Å². The number of hydrogen-bond acceptors (Lipinski definition) is 6. The van der Waals surface area contributed by atoms with Gasteiger partial charge in [0.15, 0.2) is 5.78 Å². The second kappa shape index (κ2) is 12.6. The predicted molar refractivity (Wildman–Crippen MR) is 146 cm³/mol. The van der Waals surface area contributed by atoms with E-state index in [-0.39, 0.29) is 31.5 Å². The first-order chi connectivity index (χ1) is 18.7. The molecule has 3 aromatic rings. The van der Waals surface area contributed by atoms with Crippen molar-refractivity contribution in [2.75, 3.05) is 19.6 Å². The van der Waals surface area contributed by atoms with Gasteiger partial charge in [0.05, 0.1) is 30.9 Å². The Balaban J connectivity index is 1.46. The molecule has 206 valence electrons. The van der Waals surface area contributed by atoms with Crippen LogP contribution >= 0.6 is 0 Å². The highest BCUT2D eigenvalue weighted by atomic mass is 16.6. The third-order valence-electron chi connectivity index (χ3n) is 6.38. The van der Waals surface area contributed by atoms with E-state index in [4.69, 9.17) is 9.47 Å². The molecule has 2 heterocycles. The minimum Gasteiger partial charge on any atom is -0.445 e. The minimum atomic E-state index is -0.631. The Kier molecular flexibility index (Phi) is 9.01. The van der Waals surface area contributed by atoms with E-state index in [1.807, 2.05) is 81.4 Å². The topological polar surface area (TPSA) is 94.0 Å². The molecule has 0 bridgehead atoms. The lowest BCUT2D eigenvalue weighted by Gasteiger charge is -2.31. The van der Waals surface area contributed by atoms with Crippen molar-refractivity contribution in [3.63, 3.8) is 0 Å². The Morgan fingerprint density at radius 1 is 1.00 bits per heavy atom. The molecule has 1 aromatic heterocycles. The third kappa shape index (κ3) is 8.17. The van der Waals surface area contributed by atoms with Crippen molar-refractivity contribution in [2.24, 2.45) is 0 Å². The number of Topliss-reactive ketones (excluding diaryl/α,β-unsaturated/α-hetero) is 1. The Labute approximate surface area is 229 Å². The number of nitrogens with zero attached hydrogens (tertiary/aromatic N) is 4. The van der Waals surface area contributed by atoms with Crippen LogP contribution in [0.1, 0.15) is 55.1 Å². The van der Waals surface area contributed by atoms with Crippen LogP contribution in [0.4, 0.5) is 9.59 Å². The largest absolute Gasteiger partial charge is 0.445 e. The van der Waals surface area contributed by atoms with Crippen molar-refractivity contribution in [3.05, 3.63) is 89.7 Å². The van der Waals surface area contributed by atoms with Gasteiger partial charge in [0.1, 0.15) is 12.2 Å². The molecule has 0 N–H and O–H groups in total. The fraction of sp³-hybridized carbons (Fsp3) is 0.400. The molecule has 1 aliphatic heterocycles. The summed E-state index contributed by atoms with van der Waals surface area (Å²) in [5.41, 5.74) is 1.68. The van der Waals surface area contributed by atoms with Gasteiger partial charge in [-0.2, -0.15) is 5.10 Å². The van der Waals surface area contributed by atoms with Crippen LogP contribution in [-0.4, -0.2) is 68.8 Å². The zero-order chi connectivity index (χ0) is 27.8. The van der Waals surface area contributed by atoms with Crippen molar-refractivity contribution in [2.45, 2.75) is 58.4 Å². The highest BCUT2D eigenvalue weighted by Crippen LogP contribution is 2.22. The summed E-state index contributed by atoms with van der Waals surface area (Å²) < 4.78 is 12.8. The number of amides is 2. The molecule has 4 rings (SSSR count). The van der Waals surface area contributed by atoms with Gasteiger partial charge in [-0.05, 0) is 44.7 Å². The van der Waals surface area contributed by atoms with Crippen molar-refractivity contribution >= 4 is 18.0 Å². The molecular formula is C30H36N4O5. The maximum atomic E-state index is 13.3. The van der Waals surface area contributed by atoms with Crippen LogP contribution in [0.15, 0.2) is 73.1 Å². The quantitative estimate of drug-likeness (QED) is 0.354. The van der Waals surface area contributed by atoms with Gasteiger partial charge in [-0.15, -0.1) is 0 Å². The average Bonchev–Trinajstić information content (AvgIpc) is 3.57. The van der Waals surface area contributed by atoms with Gasteiger partial charge in [0.2, 0.25) is 0 Å².